The molecular formula is C12H23N3O2. The van der Waals surface area contributed by atoms with E-state index in [0.717, 1.165) is 13.0 Å². The first-order chi connectivity index (χ1) is 8.30. The Morgan fingerprint density at radius 3 is 2.88 bits per heavy atom. The fourth-order valence-corrected chi connectivity index (χ4v) is 1.58. The Balaban J connectivity index is 2.30. The second kappa shape index (κ2) is 8.22. The first kappa shape index (κ1) is 14.2. The molecule has 5 nitrogen and oxygen atoms in total. The van der Waals surface area contributed by atoms with E-state index in [1.165, 1.54) is 5.56 Å². The molecule has 0 aliphatic heterocycles. The summed E-state index contributed by atoms with van der Waals surface area (Å²) in [5.41, 5.74) is 1.24. The van der Waals surface area contributed by atoms with Crippen LogP contribution in [0, 0.1) is 0 Å². The molecule has 1 atom stereocenters. The zero-order valence-electron chi connectivity index (χ0n) is 11.0. The summed E-state index contributed by atoms with van der Waals surface area (Å²) < 4.78 is 12.4. The normalized spacial score (nSPS) is 12.9. The molecule has 0 aliphatic rings. The van der Waals surface area contributed by atoms with Gasteiger partial charge in [-0.05, 0) is 26.0 Å². The standard InChI is InChI=1S/C12H23N3O2/c1-4-15-9-11(8-14-15)7-12(13-2)10-17-6-5-16-3/h8-9,12-13H,4-7,10H2,1-3H3. The summed E-state index contributed by atoms with van der Waals surface area (Å²) in [6, 6.07) is 0.321. The summed E-state index contributed by atoms with van der Waals surface area (Å²) in [4.78, 5) is 0. The number of methoxy groups -OCH3 is 1. The van der Waals surface area contributed by atoms with Crippen LogP contribution in [-0.2, 0) is 22.4 Å². The second-order valence-corrected chi connectivity index (χ2v) is 3.96. The predicted octanol–water partition coefficient (Wildman–Crippen LogP) is 0.697. The molecule has 0 amide bonds. The zero-order chi connectivity index (χ0) is 12.5. The summed E-state index contributed by atoms with van der Waals surface area (Å²) >= 11 is 0. The second-order valence-electron chi connectivity index (χ2n) is 3.96. The van der Waals surface area contributed by atoms with E-state index in [0.29, 0.717) is 25.9 Å². The molecule has 0 spiro atoms. The largest absolute Gasteiger partial charge is 0.382 e. The highest BCUT2D eigenvalue weighted by molar-refractivity contribution is 5.06. The molecule has 0 saturated heterocycles. The molecule has 0 aliphatic carbocycles. The van der Waals surface area contributed by atoms with Gasteiger partial charge in [0.1, 0.15) is 0 Å². The Kier molecular flexibility index (Phi) is 6.84. The van der Waals surface area contributed by atoms with Crippen LogP contribution in [0.3, 0.4) is 0 Å². The molecule has 0 fully saturated rings. The average molecular weight is 241 g/mol. The summed E-state index contributed by atoms with van der Waals surface area (Å²) in [5, 5.41) is 7.51. The summed E-state index contributed by atoms with van der Waals surface area (Å²) in [7, 11) is 3.63. The van der Waals surface area contributed by atoms with Gasteiger partial charge in [-0.15, -0.1) is 0 Å². The molecule has 1 aromatic heterocycles. The van der Waals surface area contributed by atoms with Gasteiger partial charge < -0.3 is 14.8 Å². The van der Waals surface area contributed by atoms with Crippen molar-refractivity contribution in [3.05, 3.63) is 18.0 Å². The van der Waals surface area contributed by atoms with Crippen LogP contribution < -0.4 is 5.32 Å². The van der Waals surface area contributed by atoms with Crippen molar-refractivity contribution in [2.45, 2.75) is 25.9 Å². The van der Waals surface area contributed by atoms with Crippen LogP contribution in [0.1, 0.15) is 12.5 Å². The number of nitrogens with one attached hydrogen (secondary N) is 1. The van der Waals surface area contributed by atoms with Crippen molar-refractivity contribution in [2.24, 2.45) is 0 Å². The molecule has 17 heavy (non-hydrogen) atoms. The lowest BCUT2D eigenvalue weighted by molar-refractivity contribution is 0.0598. The van der Waals surface area contributed by atoms with Crippen LogP contribution in [0.4, 0.5) is 0 Å². The number of rotatable bonds is 9. The van der Waals surface area contributed by atoms with Gasteiger partial charge in [0.2, 0.25) is 0 Å². The minimum Gasteiger partial charge on any atom is -0.382 e. The summed E-state index contributed by atoms with van der Waals surface area (Å²) in [6.07, 6.45) is 4.94. The Bertz CT molecular complexity index is 302. The van der Waals surface area contributed by atoms with E-state index in [2.05, 4.69) is 23.5 Å². The van der Waals surface area contributed by atoms with Gasteiger partial charge in [0.15, 0.2) is 0 Å². The summed E-state index contributed by atoms with van der Waals surface area (Å²) in [5.74, 6) is 0. The van der Waals surface area contributed by atoms with Crippen LogP contribution in [-0.4, -0.2) is 49.8 Å². The lowest BCUT2D eigenvalue weighted by Gasteiger charge is -2.15. The highest BCUT2D eigenvalue weighted by Gasteiger charge is 2.08. The molecule has 0 saturated carbocycles. The number of hydrogen-bond acceptors (Lipinski definition) is 4. The van der Waals surface area contributed by atoms with Crippen LogP contribution in [0.5, 0.6) is 0 Å². The number of aryl methyl sites for hydroxylation is 1. The van der Waals surface area contributed by atoms with Gasteiger partial charge >= 0.3 is 0 Å². The van der Waals surface area contributed by atoms with Gasteiger partial charge in [-0.3, -0.25) is 4.68 Å². The Labute approximate surface area is 103 Å². The first-order valence-corrected chi connectivity index (χ1v) is 6.05. The van der Waals surface area contributed by atoms with Gasteiger partial charge in [-0.1, -0.05) is 0 Å². The number of aromatic nitrogens is 2. The Hall–Kier alpha value is -0.910. The minimum atomic E-state index is 0.321. The third-order valence-electron chi connectivity index (χ3n) is 2.65. The van der Waals surface area contributed by atoms with E-state index < -0.39 is 0 Å². The topological polar surface area (TPSA) is 48.3 Å². The molecule has 1 heterocycles. The molecular weight excluding hydrogens is 218 g/mol. The molecule has 1 aromatic rings. The Morgan fingerprint density at radius 1 is 1.47 bits per heavy atom. The van der Waals surface area contributed by atoms with Crippen LogP contribution in [0.25, 0.3) is 0 Å². The lowest BCUT2D eigenvalue weighted by Crippen LogP contribution is -2.32. The molecule has 1 rings (SSSR count). The maximum absolute atomic E-state index is 5.52. The van der Waals surface area contributed by atoms with E-state index in [-0.39, 0.29) is 0 Å². The van der Waals surface area contributed by atoms with Crippen molar-refractivity contribution in [1.82, 2.24) is 15.1 Å². The Morgan fingerprint density at radius 2 is 2.29 bits per heavy atom. The monoisotopic (exact) mass is 241 g/mol. The van der Waals surface area contributed by atoms with E-state index in [4.69, 9.17) is 9.47 Å². The molecule has 0 aromatic carbocycles. The van der Waals surface area contributed by atoms with E-state index in [1.807, 2.05) is 17.9 Å². The number of likely N-dealkylation sites (N-methyl/N-ethyl adjacent to an activating group) is 1. The van der Waals surface area contributed by atoms with Gasteiger partial charge in [-0.2, -0.15) is 5.10 Å². The van der Waals surface area contributed by atoms with Crippen molar-refractivity contribution >= 4 is 0 Å². The van der Waals surface area contributed by atoms with Crippen molar-refractivity contribution in [3.63, 3.8) is 0 Å². The molecule has 0 radical (unpaired) electrons. The third kappa shape index (κ3) is 5.30. The SMILES string of the molecule is CCn1cc(CC(COCCOC)NC)cn1. The quantitative estimate of drug-likeness (QED) is 0.646. The van der Waals surface area contributed by atoms with Crippen LogP contribution >= 0.6 is 0 Å². The number of hydrogen-bond donors (Lipinski definition) is 1. The molecule has 1 unspecified atom stereocenters. The molecule has 98 valence electrons. The third-order valence-corrected chi connectivity index (χ3v) is 2.65. The van der Waals surface area contributed by atoms with Crippen molar-refractivity contribution < 1.29 is 9.47 Å². The number of nitrogens with zero attached hydrogens (tertiary/aromatic N) is 2. The van der Waals surface area contributed by atoms with Crippen LogP contribution in [0.15, 0.2) is 12.4 Å². The van der Waals surface area contributed by atoms with Crippen LogP contribution in [0.2, 0.25) is 0 Å². The molecule has 1 N–H and O–H groups in total. The van der Waals surface area contributed by atoms with Crippen molar-refractivity contribution in [1.29, 1.82) is 0 Å². The first-order valence-electron chi connectivity index (χ1n) is 6.05. The lowest BCUT2D eigenvalue weighted by atomic mass is 10.1. The van der Waals surface area contributed by atoms with Gasteiger partial charge in [0, 0.05) is 25.9 Å². The van der Waals surface area contributed by atoms with E-state index in [1.54, 1.807) is 7.11 Å². The summed E-state index contributed by atoms with van der Waals surface area (Å²) in [6.45, 7) is 4.97. The van der Waals surface area contributed by atoms with Crippen molar-refractivity contribution in [3.8, 4) is 0 Å². The molecule has 0 bridgehead atoms. The highest BCUT2D eigenvalue weighted by Crippen LogP contribution is 2.03. The fourth-order valence-electron chi connectivity index (χ4n) is 1.58. The predicted molar refractivity (Wildman–Crippen MR) is 67.1 cm³/mol. The smallest absolute Gasteiger partial charge is 0.0701 e. The average Bonchev–Trinajstić information content (AvgIpc) is 2.80. The van der Waals surface area contributed by atoms with E-state index in [9.17, 15) is 0 Å². The molecule has 5 heteroatoms. The number of ether oxygens (including phenoxy) is 2. The van der Waals surface area contributed by atoms with Gasteiger partial charge in [-0.25, -0.2) is 0 Å². The van der Waals surface area contributed by atoms with Crippen molar-refractivity contribution in [2.75, 3.05) is 34.0 Å². The van der Waals surface area contributed by atoms with E-state index >= 15 is 0 Å². The van der Waals surface area contributed by atoms with Gasteiger partial charge in [0.25, 0.3) is 0 Å². The minimum absolute atomic E-state index is 0.321. The maximum atomic E-state index is 5.52. The maximum Gasteiger partial charge on any atom is 0.0701 e. The zero-order valence-corrected chi connectivity index (χ0v) is 11.0. The van der Waals surface area contributed by atoms with Gasteiger partial charge in [0.05, 0.1) is 26.0 Å². The fraction of sp³-hybridized carbons (Fsp3) is 0.750. The highest BCUT2D eigenvalue weighted by atomic mass is 16.5.